The summed E-state index contributed by atoms with van der Waals surface area (Å²) in [4.78, 5) is 26.3. The first-order valence-electron chi connectivity index (χ1n) is 8.60. The number of nitrogens with zero attached hydrogens (tertiary/aromatic N) is 1. The van der Waals surface area contributed by atoms with Gasteiger partial charge in [0.1, 0.15) is 0 Å². The zero-order valence-electron chi connectivity index (χ0n) is 14.3. The fourth-order valence-corrected chi connectivity index (χ4v) is 3.06. The zero-order chi connectivity index (χ0) is 15.9. The average Bonchev–Trinajstić information content (AvgIpc) is 2.53. The maximum absolute atomic E-state index is 12.4. The molecule has 134 valence electrons. The van der Waals surface area contributed by atoms with E-state index in [9.17, 15) is 9.59 Å². The van der Waals surface area contributed by atoms with E-state index in [-0.39, 0.29) is 30.3 Å². The smallest absolute Gasteiger partial charge is 0.317 e. The minimum absolute atomic E-state index is 0. The molecule has 1 unspecified atom stereocenters. The fraction of sp³-hybridized carbons (Fsp3) is 0.875. The van der Waals surface area contributed by atoms with Crippen molar-refractivity contribution in [3.05, 3.63) is 0 Å². The molecule has 0 saturated carbocycles. The maximum atomic E-state index is 12.4. The van der Waals surface area contributed by atoms with E-state index in [1.807, 2.05) is 0 Å². The summed E-state index contributed by atoms with van der Waals surface area (Å²) in [5.74, 6) is 0.495. The van der Waals surface area contributed by atoms with Gasteiger partial charge in [-0.15, -0.1) is 12.4 Å². The quantitative estimate of drug-likeness (QED) is 0.719. The van der Waals surface area contributed by atoms with Crippen molar-refractivity contribution in [2.75, 3.05) is 32.7 Å². The minimum atomic E-state index is -0.0616. The molecule has 1 atom stereocenters. The molecule has 0 radical (unpaired) electrons. The van der Waals surface area contributed by atoms with Crippen LogP contribution in [0.3, 0.4) is 0 Å². The third-order valence-corrected chi connectivity index (χ3v) is 4.43. The van der Waals surface area contributed by atoms with E-state index >= 15 is 0 Å². The molecule has 2 aliphatic heterocycles. The monoisotopic (exact) mass is 346 g/mol. The molecule has 3 N–H and O–H groups in total. The van der Waals surface area contributed by atoms with Gasteiger partial charge >= 0.3 is 6.03 Å². The van der Waals surface area contributed by atoms with Gasteiger partial charge in [0.25, 0.3) is 0 Å². The van der Waals surface area contributed by atoms with E-state index in [4.69, 9.17) is 0 Å². The van der Waals surface area contributed by atoms with E-state index in [2.05, 4.69) is 29.8 Å². The summed E-state index contributed by atoms with van der Waals surface area (Å²) in [6, 6.07) is 0.256. The van der Waals surface area contributed by atoms with Crippen LogP contribution in [0.2, 0.25) is 0 Å². The predicted molar refractivity (Wildman–Crippen MR) is 93.8 cm³/mol. The number of hydrogen-bond acceptors (Lipinski definition) is 3. The molecule has 23 heavy (non-hydrogen) atoms. The van der Waals surface area contributed by atoms with Crippen LogP contribution in [0.25, 0.3) is 0 Å². The molecule has 3 amide bonds. The lowest BCUT2D eigenvalue weighted by atomic mass is 9.96. The zero-order valence-corrected chi connectivity index (χ0v) is 15.1. The normalized spacial score (nSPS) is 22.4. The van der Waals surface area contributed by atoms with E-state index in [0.717, 1.165) is 45.3 Å². The van der Waals surface area contributed by atoms with Crippen LogP contribution in [-0.2, 0) is 4.79 Å². The topological polar surface area (TPSA) is 73.5 Å². The lowest BCUT2D eigenvalue weighted by Crippen LogP contribution is -2.51. The Morgan fingerprint density at radius 1 is 1.22 bits per heavy atom. The van der Waals surface area contributed by atoms with Gasteiger partial charge in [-0.2, -0.15) is 0 Å². The van der Waals surface area contributed by atoms with E-state index in [1.54, 1.807) is 4.90 Å². The highest BCUT2D eigenvalue weighted by molar-refractivity contribution is 5.85. The van der Waals surface area contributed by atoms with E-state index < -0.39 is 0 Å². The van der Waals surface area contributed by atoms with Crippen LogP contribution in [0.15, 0.2) is 0 Å². The Labute approximate surface area is 145 Å². The number of amides is 3. The molecule has 7 heteroatoms. The number of hydrogen-bond donors (Lipinski definition) is 3. The number of likely N-dealkylation sites (tertiary alicyclic amines) is 1. The summed E-state index contributed by atoms with van der Waals surface area (Å²) >= 11 is 0. The number of rotatable bonds is 4. The van der Waals surface area contributed by atoms with Gasteiger partial charge in [0.05, 0.1) is 5.92 Å². The van der Waals surface area contributed by atoms with Crippen molar-refractivity contribution in [1.82, 2.24) is 20.9 Å². The van der Waals surface area contributed by atoms with Crippen LogP contribution in [0.5, 0.6) is 0 Å². The van der Waals surface area contributed by atoms with Gasteiger partial charge in [0, 0.05) is 25.7 Å². The molecule has 2 saturated heterocycles. The highest BCUT2D eigenvalue weighted by Crippen LogP contribution is 2.17. The summed E-state index contributed by atoms with van der Waals surface area (Å²) in [5.41, 5.74) is 0. The highest BCUT2D eigenvalue weighted by atomic mass is 35.5. The van der Waals surface area contributed by atoms with Crippen LogP contribution in [-0.4, -0.2) is 55.6 Å². The summed E-state index contributed by atoms with van der Waals surface area (Å²) in [6.07, 6.45) is 3.78. The van der Waals surface area contributed by atoms with Gasteiger partial charge in [0.15, 0.2) is 0 Å². The second-order valence-corrected chi connectivity index (χ2v) is 6.90. The summed E-state index contributed by atoms with van der Waals surface area (Å²) in [6.45, 7) is 8.07. The number of carbonyl (C=O) groups excluding carboxylic acids is 2. The van der Waals surface area contributed by atoms with E-state index in [0.29, 0.717) is 25.0 Å². The maximum Gasteiger partial charge on any atom is 0.317 e. The number of urea groups is 1. The van der Waals surface area contributed by atoms with Crippen LogP contribution < -0.4 is 16.0 Å². The molecule has 0 bridgehead atoms. The SMILES string of the molecule is CC(C)CNC(=O)N1CCCC(C(=O)NC2CCNCC2)C1.Cl. The molecule has 0 aromatic heterocycles. The van der Waals surface area contributed by atoms with Gasteiger partial charge in [-0.1, -0.05) is 13.8 Å². The molecule has 0 spiro atoms. The second-order valence-electron chi connectivity index (χ2n) is 6.90. The number of nitrogens with one attached hydrogen (secondary N) is 3. The Hall–Kier alpha value is -1.01. The molecule has 2 rings (SSSR count). The molecule has 0 aromatic carbocycles. The third kappa shape index (κ3) is 6.55. The van der Waals surface area contributed by atoms with Crippen molar-refractivity contribution >= 4 is 24.3 Å². The fourth-order valence-electron chi connectivity index (χ4n) is 3.06. The first kappa shape index (κ1) is 20.0. The average molecular weight is 347 g/mol. The van der Waals surface area contributed by atoms with Gasteiger partial charge in [-0.05, 0) is 44.7 Å². The second kappa shape index (κ2) is 9.98. The Kier molecular flexibility index (Phi) is 8.69. The minimum Gasteiger partial charge on any atom is -0.353 e. The first-order chi connectivity index (χ1) is 10.6. The van der Waals surface area contributed by atoms with Crippen LogP contribution in [0.4, 0.5) is 4.79 Å². The molecular formula is C16H31ClN4O2. The predicted octanol–water partition coefficient (Wildman–Crippen LogP) is 1.35. The third-order valence-electron chi connectivity index (χ3n) is 4.43. The molecule has 2 heterocycles. The molecule has 0 aliphatic carbocycles. The van der Waals surface area contributed by atoms with Crippen LogP contribution in [0, 0.1) is 11.8 Å². The largest absolute Gasteiger partial charge is 0.353 e. The lowest BCUT2D eigenvalue weighted by Gasteiger charge is -2.33. The van der Waals surface area contributed by atoms with Crippen molar-refractivity contribution < 1.29 is 9.59 Å². The molecular weight excluding hydrogens is 316 g/mol. The van der Waals surface area contributed by atoms with E-state index in [1.165, 1.54) is 0 Å². The molecule has 2 aliphatic rings. The number of carbonyl (C=O) groups is 2. The van der Waals surface area contributed by atoms with Crippen LogP contribution in [0.1, 0.15) is 39.5 Å². The number of piperidine rings is 2. The van der Waals surface area contributed by atoms with Crippen molar-refractivity contribution in [3.63, 3.8) is 0 Å². The van der Waals surface area contributed by atoms with Crippen molar-refractivity contribution in [1.29, 1.82) is 0 Å². The Balaban J connectivity index is 0.00000264. The van der Waals surface area contributed by atoms with Crippen molar-refractivity contribution in [3.8, 4) is 0 Å². The molecule has 0 aromatic rings. The molecule has 2 fully saturated rings. The Bertz CT molecular complexity index is 386. The summed E-state index contributed by atoms with van der Waals surface area (Å²) in [7, 11) is 0. The van der Waals surface area contributed by atoms with Crippen molar-refractivity contribution in [2.24, 2.45) is 11.8 Å². The van der Waals surface area contributed by atoms with Crippen LogP contribution >= 0.6 is 12.4 Å². The van der Waals surface area contributed by atoms with Gasteiger partial charge in [0.2, 0.25) is 5.91 Å². The number of halogens is 1. The Morgan fingerprint density at radius 3 is 2.57 bits per heavy atom. The highest BCUT2D eigenvalue weighted by Gasteiger charge is 2.29. The summed E-state index contributed by atoms with van der Waals surface area (Å²) < 4.78 is 0. The first-order valence-corrected chi connectivity index (χ1v) is 8.60. The lowest BCUT2D eigenvalue weighted by molar-refractivity contribution is -0.127. The van der Waals surface area contributed by atoms with Crippen molar-refractivity contribution in [2.45, 2.75) is 45.6 Å². The Morgan fingerprint density at radius 2 is 1.91 bits per heavy atom. The van der Waals surface area contributed by atoms with Gasteiger partial charge < -0.3 is 20.9 Å². The van der Waals surface area contributed by atoms with Gasteiger partial charge in [-0.25, -0.2) is 4.79 Å². The molecule has 6 nitrogen and oxygen atoms in total. The van der Waals surface area contributed by atoms with Gasteiger partial charge in [-0.3, -0.25) is 4.79 Å². The standard InChI is InChI=1S/C16H30N4O2.ClH/c1-12(2)10-18-16(22)20-9-3-4-13(11-20)15(21)19-14-5-7-17-8-6-14;/h12-14,17H,3-11H2,1-2H3,(H,18,22)(H,19,21);1H. The summed E-state index contributed by atoms with van der Waals surface area (Å²) in [5, 5.41) is 9.40.